The van der Waals surface area contributed by atoms with Crippen molar-refractivity contribution < 1.29 is 9.72 Å². The van der Waals surface area contributed by atoms with Gasteiger partial charge in [0.15, 0.2) is 0 Å². The van der Waals surface area contributed by atoms with E-state index in [-0.39, 0.29) is 11.6 Å². The number of alkyl halides is 1. The molecule has 0 fully saturated rings. The summed E-state index contributed by atoms with van der Waals surface area (Å²) >= 11 is 3.14. The Hall–Kier alpha value is -1.43. The lowest BCUT2D eigenvalue weighted by Gasteiger charge is -2.04. The second kappa shape index (κ2) is 5.60. The number of benzene rings is 1. The predicted molar refractivity (Wildman–Crippen MR) is 64.9 cm³/mol. The van der Waals surface area contributed by atoms with Crippen LogP contribution in [-0.2, 0) is 4.79 Å². The molecule has 1 aromatic rings. The van der Waals surface area contributed by atoms with E-state index in [1.54, 1.807) is 19.1 Å². The fourth-order valence-corrected chi connectivity index (χ4v) is 1.55. The van der Waals surface area contributed by atoms with E-state index in [1.165, 1.54) is 6.07 Å². The molecule has 0 saturated heterocycles. The van der Waals surface area contributed by atoms with Gasteiger partial charge in [0.2, 0.25) is 5.91 Å². The average Bonchev–Trinajstić information content (AvgIpc) is 2.21. The van der Waals surface area contributed by atoms with E-state index in [4.69, 9.17) is 0 Å². The van der Waals surface area contributed by atoms with Crippen LogP contribution in [0.2, 0.25) is 0 Å². The molecule has 0 heterocycles. The molecule has 86 valence electrons. The number of hydrogen-bond donors (Lipinski definition) is 1. The molecule has 16 heavy (non-hydrogen) atoms. The second-order valence-electron chi connectivity index (χ2n) is 3.25. The van der Waals surface area contributed by atoms with Crippen LogP contribution in [0.4, 0.5) is 11.4 Å². The number of amides is 1. The Morgan fingerprint density at radius 3 is 2.81 bits per heavy atom. The van der Waals surface area contributed by atoms with E-state index in [1.807, 2.05) is 0 Å². The smallest absolute Gasteiger partial charge is 0.274 e. The van der Waals surface area contributed by atoms with Gasteiger partial charge in [-0.15, -0.1) is 0 Å². The summed E-state index contributed by atoms with van der Waals surface area (Å²) in [6, 6.07) is 4.62. The highest BCUT2D eigenvalue weighted by molar-refractivity contribution is 9.09. The molecule has 5 nitrogen and oxygen atoms in total. The lowest BCUT2D eigenvalue weighted by molar-refractivity contribution is -0.385. The highest BCUT2D eigenvalue weighted by Crippen LogP contribution is 2.22. The molecule has 0 saturated carbocycles. The molecular weight excluding hydrogens is 276 g/mol. The maximum Gasteiger partial charge on any atom is 0.274 e. The van der Waals surface area contributed by atoms with E-state index in [0.29, 0.717) is 23.0 Å². The molecule has 0 aliphatic heterocycles. The van der Waals surface area contributed by atoms with Crippen LogP contribution in [0.1, 0.15) is 12.0 Å². The molecule has 0 bridgehead atoms. The van der Waals surface area contributed by atoms with Gasteiger partial charge in [0.05, 0.1) is 4.92 Å². The minimum Gasteiger partial charge on any atom is -0.326 e. The summed E-state index contributed by atoms with van der Waals surface area (Å²) in [5.41, 5.74) is 1.03. The van der Waals surface area contributed by atoms with Crippen LogP contribution in [0.15, 0.2) is 18.2 Å². The first-order valence-electron chi connectivity index (χ1n) is 4.65. The third-order valence-corrected chi connectivity index (χ3v) is 2.41. The van der Waals surface area contributed by atoms with Crippen molar-refractivity contribution in [2.24, 2.45) is 0 Å². The molecule has 0 unspecified atom stereocenters. The molecule has 1 N–H and O–H groups in total. The Bertz CT molecular complexity index is 421. The first-order chi connectivity index (χ1) is 7.54. The van der Waals surface area contributed by atoms with Crippen LogP contribution >= 0.6 is 15.9 Å². The molecule has 1 amide bonds. The van der Waals surface area contributed by atoms with Gasteiger partial charge in [-0.3, -0.25) is 14.9 Å². The Kier molecular flexibility index (Phi) is 4.42. The summed E-state index contributed by atoms with van der Waals surface area (Å²) in [5.74, 6) is -0.171. The van der Waals surface area contributed by atoms with Crippen molar-refractivity contribution in [2.45, 2.75) is 13.3 Å². The van der Waals surface area contributed by atoms with Crippen LogP contribution in [0.25, 0.3) is 0 Å². The summed E-state index contributed by atoms with van der Waals surface area (Å²) in [6.45, 7) is 1.65. The number of nitro groups is 1. The molecule has 0 spiro atoms. The van der Waals surface area contributed by atoms with Crippen LogP contribution in [-0.4, -0.2) is 16.2 Å². The second-order valence-corrected chi connectivity index (χ2v) is 4.04. The molecule has 0 aliphatic rings. The van der Waals surface area contributed by atoms with Gasteiger partial charge in [-0.25, -0.2) is 0 Å². The third kappa shape index (κ3) is 3.30. The Morgan fingerprint density at radius 1 is 1.56 bits per heavy atom. The van der Waals surface area contributed by atoms with Crippen LogP contribution in [0.5, 0.6) is 0 Å². The van der Waals surface area contributed by atoms with Crippen molar-refractivity contribution in [3.63, 3.8) is 0 Å². The van der Waals surface area contributed by atoms with E-state index in [9.17, 15) is 14.9 Å². The van der Waals surface area contributed by atoms with E-state index >= 15 is 0 Å². The van der Waals surface area contributed by atoms with Gasteiger partial charge in [-0.2, -0.15) is 0 Å². The summed E-state index contributed by atoms with van der Waals surface area (Å²) in [4.78, 5) is 21.5. The Balaban J connectivity index is 2.87. The zero-order valence-electron chi connectivity index (χ0n) is 8.70. The molecule has 1 aromatic carbocycles. The molecule has 1 rings (SSSR count). The quantitative estimate of drug-likeness (QED) is 0.525. The van der Waals surface area contributed by atoms with E-state index in [0.717, 1.165) is 0 Å². The van der Waals surface area contributed by atoms with Gasteiger partial charge < -0.3 is 5.32 Å². The third-order valence-electron chi connectivity index (χ3n) is 2.01. The number of carbonyl (C=O) groups excluding carboxylic acids is 1. The molecule has 0 radical (unpaired) electrons. The minimum atomic E-state index is -0.463. The number of nitrogens with zero attached hydrogens (tertiary/aromatic N) is 1. The molecule has 0 aromatic heterocycles. The first-order valence-corrected chi connectivity index (χ1v) is 5.77. The van der Waals surface area contributed by atoms with Crippen molar-refractivity contribution in [3.05, 3.63) is 33.9 Å². The lowest BCUT2D eigenvalue weighted by Crippen LogP contribution is -2.11. The number of carbonyl (C=O) groups is 1. The lowest BCUT2D eigenvalue weighted by atomic mass is 10.2. The van der Waals surface area contributed by atoms with Gasteiger partial charge in [-0.1, -0.05) is 22.0 Å². The molecule has 6 heteroatoms. The standard InChI is InChI=1S/C10H11BrN2O3/c1-7-2-3-8(6-9(7)13(15)16)12-10(14)4-5-11/h2-3,6H,4-5H2,1H3,(H,12,14). The van der Waals surface area contributed by atoms with E-state index < -0.39 is 4.92 Å². The van der Waals surface area contributed by atoms with Crippen molar-refractivity contribution in [2.75, 3.05) is 10.6 Å². The van der Waals surface area contributed by atoms with Gasteiger partial charge >= 0.3 is 0 Å². The zero-order chi connectivity index (χ0) is 12.1. The minimum absolute atomic E-state index is 0.0108. The number of rotatable bonds is 4. The first kappa shape index (κ1) is 12.6. The van der Waals surface area contributed by atoms with Gasteiger partial charge in [0, 0.05) is 29.1 Å². The zero-order valence-corrected chi connectivity index (χ0v) is 10.3. The monoisotopic (exact) mass is 286 g/mol. The largest absolute Gasteiger partial charge is 0.326 e. The van der Waals surface area contributed by atoms with Crippen molar-refractivity contribution in [3.8, 4) is 0 Å². The number of nitro benzene ring substituents is 1. The normalized spacial score (nSPS) is 9.88. The molecule has 0 aliphatic carbocycles. The Labute approximate surface area is 101 Å². The van der Waals surface area contributed by atoms with Gasteiger partial charge in [-0.05, 0) is 13.0 Å². The fraction of sp³-hybridized carbons (Fsp3) is 0.300. The maximum absolute atomic E-state index is 11.3. The highest BCUT2D eigenvalue weighted by Gasteiger charge is 2.11. The topological polar surface area (TPSA) is 72.2 Å². The number of anilines is 1. The summed E-state index contributed by atoms with van der Waals surface area (Å²) in [5, 5.41) is 13.8. The number of nitrogens with one attached hydrogen (secondary N) is 1. The molecular formula is C10H11BrN2O3. The summed E-state index contributed by atoms with van der Waals surface area (Å²) in [6.07, 6.45) is 0.335. The van der Waals surface area contributed by atoms with Gasteiger partial charge in [0.25, 0.3) is 5.69 Å². The van der Waals surface area contributed by atoms with E-state index in [2.05, 4.69) is 21.2 Å². The average molecular weight is 287 g/mol. The van der Waals surface area contributed by atoms with Crippen LogP contribution < -0.4 is 5.32 Å². The van der Waals surface area contributed by atoms with Crippen LogP contribution in [0, 0.1) is 17.0 Å². The molecule has 0 atom stereocenters. The summed E-state index contributed by atoms with van der Waals surface area (Å²) < 4.78 is 0. The van der Waals surface area contributed by atoms with Crippen molar-refractivity contribution >= 4 is 33.2 Å². The number of hydrogen-bond acceptors (Lipinski definition) is 3. The highest BCUT2D eigenvalue weighted by atomic mass is 79.9. The summed E-state index contributed by atoms with van der Waals surface area (Å²) in [7, 11) is 0. The fourth-order valence-electron chi connectivity index (χ4n) is 1.19. The number of halogens is 1. The Morgan fingerprint density at radius 2 is 2.25 bits per heavy atom. The SMILES string of the molecule is Cc1ccc(NC(=O)CCBr)cc1[N+](=O)[O-]. The predicted octanol–water partition coefficient (Wildman–Crippen LogP) is 2.63. The van der Waals surface area contributed by atoms with Crippen molar-refractivity contribution in [1.29, 1.82) is 0 Å². The van der Waals surface area contributed by atoms with Crippen LogP contribution in [0.3, 0.4) is 0 Å². The number of aryl methyl sites for hydroxylation is 1. The maximum atomic E-state index is 11.3. The van der Waals surface area contributed by atoms with Gasteiger partial charge in [0.1, 0.15) is 0 Å². The van der Waals surface area contributed by atoms with Crippen molar-refractivity contribution in [1.82, 2.24) is 0 Å².